The standard InChI is InChI=1S/C42H38ClN3O4/c1-27-33(26-49-41-19-40(34(24-47)18-39(41)43)48-25-30-17-29(20-44)21-45-22-30)5-3-7-37(27)38-8-4-6-36(28(38)2)31-9-11-35(12-10-31)50-42-23-46-15-13-32(42)14-16-46/h3-12,17-19,21-22,24,32,42H,13-16,23,25-26H2,1-2H3. The van der Waals surface area contributed by atoms with E-state index in [2.05, 4.69) is 78.3 Å². The van der Waals surface area contributed by atoms with Crippen molar-refractivity contribution in [2.75, 3.05) is 19.6 Å². The molecule has 5 aromatic rings. The molecule has 3 aliphatic heterocycles. The Morgan fingerprint density at radius 3 is 2.32 bits per heavy atom. The van der Waals surface area contributed by atoms with Crippen molar-refractivity contribution in [3.8, 4) is 45.6 Å². The van der Waals surface area contributed by atoms with Crippen LogP contribution in [0.1, 0.15) is 51.0 Å². The fourth-order valence-electron chi connectivity index (χ4n) is 7.13. The van der Waals surface area contributed by atoms with Gasteiger partial charge in [-0.05, 0) is 109 Å². The van der Waals surface area contributed by atoms with E-state index in [1.807, 2.05) is 12.1 Å². The third-order valence-corrected chi connectivity index (χ3v) is 10.3. The van der Waals surface area contributed by atoms with Crippen molar-refractivity contribution >= 4 is 17.9 Å². The third-order valence-electron chi connectivity index (χ3n) is 10.0. The summed E-state index contributed by atoms with van der Waals surface area (Å²) in [4.78, 5) is 18.4. The summed E-state index contributed by atoms with van der Waals surface area (Å²) < 4.78 is 18.6. The molecule has 50 heavy (non-hydrogen) atoms. The van der Waals surface area contributed by atoms with Gasteiger partial charge in [-0.25, -0.2) is 0 Å². The number of piperidine rings is 3. The number of hydrogen-bond donors (Lipinski definition) is 0. The van der Waals surface area contributed by atoms with E-state index in [9.17, 15) is 10.1 Å². The van der Waals surface area contributed by atoms with Crippen LogP contribution in [0.25, 0.3) is 22.3 Å². The van der Waals surface area contributed by atoms with Crippen LogP contribution in [-0.2, 0) is 13.2 Å². The lowest BCUT2D eigenvalue weighted by atomic mass is 9.86. The molecule has 8 rings (SSSR count). The number of rotatable bonds is 11. The number of pyridine rings is 1. The molecule has 7 nitrogen and oxygen atoms in total. The van der Waals surface area contributed by atoms with E-state index in [0.717, 1.165) is 40.1 Å². The topological polar surface area (TPSA) is 84.7 Å². The summed E-state index contributed by atoms with van der Waals surface area (Å²) in [7, 11) is 0. The lowest BCUT2D eigenvalue weighted by Gasteiger charge is -2.44. The quantitative estimate of drug-likeness (QED) is 0.129. The molecule has 1 atom stereocenters. The minimum atomic E-state index is 0.127. The number of halogens is 1. The Hall–Kier alpha value is -5.16. The molecule has 0 aliphatic carbocycles. The summed E-state index contributed by atoms with van der Waals surface area (Å²) >= 11 is 6.54. The third kappa shape index (κ3) is 7.09. The highest BCUT2D eigenvalue weighted by atomic mass is 35.5. The van der Waals surface area contributed by atoms with E-state index < -0.39 is 0 Å². The average Bonchev–Trinajstić information content (AvgIpc) is 3.15. The molecule has 0 saturated carbocycles. The van der Waals surface area contributed by atoms with Crippen LogP contribution >= 0.6 is 11.6 Å². The van der Waals surface area contributed by atoms with Crippen molar-refractivity contribution in [3.05, 3.63) is 130 Å². The van der Waals surface area contributed by atoms with Crippen LogP contribution in [0.2, 0.25) is 5.02 Å². The maximum atomic E-state index is 11.8. The maximum absolute atomic E-state index is 11.8. The fourth-order valence-corrected chi connectivity index (χ4v) is 7.35. The molecule has 3 aliphatic rings. The predicted octanol–water partition coefficient (Wildman–Crippen LogP) is 9.00. The molecule has 1 unspecified atom stereocenters. The molecular formula is C42H38ClN3O4. The molecular weight excluding hydrogens is 646 g/mol. The number of carbonyl (C=O) groups is 1. The van der Waals surface area contributed by atoms with Gasteiger partial charge in [0.15, 0.2) is 6.29 Å². The Balaban J connectivity index is 1.07. The fraction of sp³-hybridized carbons (Fsp3) is 0.262. The van der Waals surface area contributed by atoms with Crippen LogP contribution in [0.15, 0.2) is 91.3 Å². The lowest BCUT2D eigenvalue weighted by Crippen LogP contribution is -2.52. The van der Waals surface area contributed by atoms with Crippen LogP contribution in [0.4, 0.5) is 0 Å². The molecule has 3 fully saturated rings. The highest BCUT2D eigenvalue weighted by Crippen LogP contribution is 2.37. The van der Waals surface area contributed by atoms with E-state index in [4.69, 9.17) is 25.8 Å². The summed E-state index contributed by atoms with van der Waals surface area (Å²) in [6.45, 7) is 8.12. The van der Waals surface area contributed by atoms with E-state index in [1.54, 1.807) is 18.3 Å². The summed E-state index contributed by atoms with van der Waals surface area (Å²) in [5.74, 6) is 2.34. The molecule has 252 valence electrons. The Kier molecular flexibility index (Phi) is 9.84. The molecule has 0 amide bonds. The predicted molar refractivity (Wildman–Crippen MR) is 195 cm³/mol. The van der Waals surface area contributed by atoms with Crippen LogP contribution in [0.3, 0.4) is 0 Å². The Bertz CT molecular complexity index is 2070. The Labute approximate surface area is 298 Å². The number of carbonyl (C=O) groups excluding carboxylic acids is 1. The van der Waals surface area contributed by atoms with Crippen molar-refractivity contribution in [3.63, 3.8) is 0 Å². The summed E-state index contributed by atoms with van der Waals surface area (Å²) in [6, 6.07) is 28.2. The number of nitrogens with zero attached hydrogens (tertiary/aromatic N) is 3. The minimum absolute atomic E-state index is 0.127. The number of aromatic nitrogens is 1. The zero-order valence-corrected chi connectivity index (χ0v) is 29.0. The molecule has 4 aromatic carbocycles. The highest BCUT2D eigenvalue weighted by Gasteiger charge is 2.35. The SMILES string of the molecule is Cc1c(COc2cc(OCc3cncc(C#N)c3)c(C=O)cc2Cl)cccc1-c1cccc(-c2ccc(OC3CN4CCC3CC4)cc2)c1C. The summed E-state index contributed by atoms with van der Waals surface area (Å²) in [5, 5.41) is 9.49. The van der Waals surface area contributed by atoms with Crippen LogP contribution in [0.5, 0.6) is 17.2 Å². The first kappa shape index (κ1) is 33.3. The van der Waals surface area contributed by atoms with E-state index in [-0.39, 0.29) is 19.3 Å². The molecule has 0 N–H and O–H groups in total. The van der Waals surface area contributed by atoms with Gasteiger partial charge in [0.2, 0.25) is 0 Å². The van der Waals surface area contributed by atoms with E-state index in [1.165, 1.54) is 49.3 Å². The van der Waals surface area contributed by atoms with Crippen molar-refractivity contribution in [2.45, 2.75) is 46.0 Å². The molecule has 0 spiro atoms. The summed E-state index contributed by atoms with van der Waals surface area (Å²) in [6.07, 6.45) is 6.55. The summed E-state index contributed by atoms with van der Waals surface area (Å²) in [5.41, 5.74) is 9.39. The molecule has 2 bridgehead atoms. The molecule has 1 aromatic heterocycles. The van der Waals surface area contributed by atoms with Gasteiger partial charge in [0.1, 0.15) is 42.6 Å². The Morgan fingerprint density at radius 2 is 1.60 bits per heavy atom. The van der Waals surface area contributed by atoms with Gasteiger partial charge in [-0.2, -0.15) is 5.26 Å². The van der Waals surface area contributed by atoms with Gasteiger partial charge in [-0.1, -0.05) is 60.1 Å². The minimum Gasteiger partial charge on any atom is -0.489 e. The maximum Gasteiger partial charge on any atom is 0.153 e. The van der Waals surface area contributed by atoms with Crippen molar-refractivity contribution < 1.29 is 19.0 Å². The highest BCUT2D eigenvalue weighted by molar-refractivity contribution is 6.32. The van der Waals surface area contributed by atoms with Crippen LogP contribution < -0.4 is 14.2 Å². The Morgan fingerprint density at radius 1 is 0.880 bits per heavy atom. The van der Waals surface area contributed by atoms with Crippen molar-refractivity contribution in [1.82, 2.24) is 9.88 Å². The largest absolute Gasteiger partial charge is 0.489 e. The molecule has 3 saturated heterocycles. The van der Waals surface area contributed by atoms with E-state index >= 15 is 0 Å². The number of fused-ring (bicyclic) bond motifs is 3. The second-order valence-electron chi connectivity index (χ2n) is 13.1. The normalized spacial score (nSPS) is 17.9. The smallest absolute Gasteiger partial charge is 0.153 e. The lowest BCUT2D eigenvalue weighted by molar-refractivity contribution is -0.00775. The average molecular weight is 684 g/mol. The first-order valence-corrected chi connectivity index (χ1v) is 17.3. The molecule has 4 heterocycles. The van der Waals surface area contributed by atoms with Gasteiger partial charge in [0.05, 0.1) is 16.1 Å². The van der Waals surface area contributed by atoms with Gasteiger partial charge < -0.3 is 14.2 Å². The number of aldehydes is 1. The van der Waals surface area contributed by atoms with Gasteiger partial charge in [0, 0.05) is 30.6 Å². The second kappa shape index (κ2) is 14.8. The first-order valence-electron chi connectivity index (χ1n) is 17.0. The van der Waals surface area contributed by atoms with Gasteiger partial charge in [-0.3, -0.25) is 14.7 Å². The van der Waals surface area contributed by atoms with Crippen molar-refractivity contribution in [1.29, 1.82) is 5.26 Å². The number of ether oxygens (including phenoxy) is 3. The molecule has 8 heteroatoms. The van der Waals surface area contributed by atoms with Crippen molar-refractivity contribution in [2.24, 2.45) is 5.92 Å². The number of hydrogen-bond acceptors (Lipinski definition) is 7. The second-order valence-corrected chi connectivity index (χ2v) is 13.5. The monoisotopic (exact) mass is 683 g/mol. The number of nitriles is 1. The number of benzene rings is 4. The van der Waals surface area contributed by atoms with Crippen LogP contribution in [0, 0.1) is 31.1 Å². The van der Waals surface area contributed by atoms with Crippen LogP contribution in [-0.4, -0.2) is 41.9 Å². The van der Waals surface area contributed by atoms with Gasteiger partial charge >= 0.3 is 0 Å². The van der Waals surface area contributed by atoms with E-state index in [0.29, 0.717) is 45.4 Å². The van der Waals surface area contributed by atoms with Gasteiger partial charge in [-0.15, -0.1) is 0 Å². The zero-order valence-electron chi connectivity index (χ0n) is 28.2. The molecule has 0 radical (unpaired) electrons. The first-order chi connectivity index (χ1) is 24.4. The van der Waals surface area contributed by atoms with Gasteiger partial charge in [0.25, 0.3) is 0 Å². The zero-order chi connectivity index (χ0) is 34.6.